The number of anilines is 2. The monoisotopic (exact) mass is 508 g/mol. The van der Waals surface area contributed by atoms with Gasteiger partial charge in [0.25, 0.3) is 0 Å². The highest BCUT2D eigenvalue weighted by Crippen LogP contribution is 2.35. The number of ether oxygens (including phenoxy) is 2. The zero-order chi connectivity index (χ0) is 26.5. The molecule has 0 aliphatic carbocycles. The first-order chi connectivity index (χ1) is 18.5. The number of aromatic amines is 1. The van der Waals surface area contributed by atoms with Crippen LogP contribution in [0.4, 0.5) is 11.4 Å². The lowest BCUT2D eigenvalue weighted by Crippen LogP contribution is -2.36. The van der Waals surface area contributed by atoms with E-state index in [1.54, 1.807) is 6.08 Å². The second-order valence-corrected chi connectivity index (χ2v) is 9.38. The molecule has 0 bridgehead atoms. The highest BCUT2D eigenvalue weighted by molar-refractivity contribution is 5.87. The maximum Gasteiger partial charge on any atom is 0.330 e. The topological polar surface area (TPSA) is 70.7 Å². The van der Waals surface area contributed by atoms with E-state index in [-0.39, 0.29) is 5.97 Å². The second kappa shape index (κ2) is 11.4. The van der Waals surface area contributed by atoms with Crippen LogP contribution in [-0.4, -0.2) is 63.4 Å². The average molecular weight is 509 g/mol. The third kappa shape index (κ3) is 5.63. The van der Waals surface area contributed by atoms with Gasteiger partial charge in [0.05, 0.1) is 31.7 Å². The van der Waals surface area contributed by atoms with Crippen molar-refractivity contribution in [2.75, 3.05) is 57.3 Å². The van der Waals surface area contributed by atoms with E-state index in [4.69, 9.17) is 9.72 Å². The molecule has 1 aliphatic heterocycles. The summed E-state index contributed by atoms with van der Waals surface area (Å²) in [7, 11) is 5.44. The minimum absolute atomic E-state index is 0.380. The van der Waals surface area contributed by atoms with E-state index >= 15 is 0 Å². The Hall–Kier alpha value is -4.36. The van der Waals surface area contributed by atoms with E-state index in [9.17, 15) is 4.79 Å². The van der Waals surface area contributed by atoms with Gasteiger partial charge in [0.15, 0.2) is 0 Å². The van der Waals surface area contributed by atoms with Crippen LogP contribution in [0.2, 0.25) is 0 Å². The molecule has 0 amide bonds. The summed E-state index contributed by atoms with van der Waals surface area (Å²) in [6.07, 6.45) is 3.15. The highest BCUT2D eigenvalue weighted by Gasteiger charge is 2.17. The fourth-order valence-electron chi connectivity index (χ4n) is 4.49. The Labute approximate surface area is 223 Å². The minimum Gasteiger partial charge on any atom is -0.466 e. The summed E-state index contributed by atoms with van der Waals surface area (Å²) in [6.45, 7) is 3.33. The van der Waals surface area contributed by atoms with Crippen molar-refractivity contribution in [3.05, 3.63) is 84.4 Å². The van der Waals surface area contributed by atoms with Crippen LogP contribution in [-0.2, 0) is 14.3 Å². The standard InChI is InChI=1S/C31H32N4O3/c1-34(2)26-13-9-23(10-14-26)29-30(24-11-15-27(16-12-24)35-18-20-38-21-19-35)33-31(32-29)25-7-4-22(5-8-25)6-17-28(36)37-3/h4-17H,18-21H2,1-3H3,(H,32,33)/b17-6+. The zero-order valence-electron chi connectivity index (χ0n) is 22.0. The number of methoxy groups -OCH3 is 1. The Kier molecular flexibility index (Phi) is 7.56. The molecule has 0 saturated carbocycles. The summed E-state index contributed by atoms with van der Waals surface area (Å²) in [5.41, 5.74) is 8.19. The van der Waals surface area contributed by atoms with Gasteiger partial charge in [-0.3, -0.25) is 0 Å². The smallest absolute Gasteiger partial charge is 0.330 e. The van der Waals surface area contributed by atoms with Crippen LogP contribution in [0.1, 0.15) is 5.56 Å². The number of esters is 1. The molecule has 3 aromatic carbocycles. The number of morpholine rings is 1. The average Bonchev–Trinajstić information content (AvgIpc) is 3.42. The molecule has 1 aromatic heterocycles. The molecule has 5 rings (SSSR count). The van der Waals surface area contributed by atoms with Crippen LogP contribution in [0.25, 0.3) is 40.0 Å². The van der Waals surface area contributed by atoms with Gasteiger partial charge in [-0.1, -0.05) is 48.5 Å². The largest absolute Gasteiger partial charge is 0.466 e. The summed E-state index contributed by atoms with van der Waals surface area (Å²) in [6, 6.07) is 25.0. The van der Waals surface area contributed by atoms with Gasteiger partial charge in [0.2, 0.25) is 0 Å². The molecule has 38 heavy (non-hydrogen) atoms. The van der Waals surface area contributed by atoms with Gasteiger partial charge < -0.3 is 24.3 Å². The second-order valence-electron chi connectivity index (χ2n) is 9.38. The van der Waals surface area contributed by atoms with Gasteiger partial charge in [-0.15, -0.1) is 0 Å². The normalized spacial score (nSPS) is 13.6. The third-order valence-corrected chi connectivity index (χ3v) is 6.69. The predicted octanol–water partition coefficient (Wildman–Crippen LogP) is 5.50. The number of rotatable bonds is 7. The fourth-order valence-corrected chi connectivity index (χ4v) is 4.49. The number of H-pyrrole nitrogens is 1. The van der Waals surface area contributed by atoms with E-state index in [2.05, 4.69) is 68.1 Å². The van der Waals surface area contributed by atoms with Crippen molar-refractivity contribution >= 4 is 23.4 Å². The van der Waals surface area contributed by atoms with Gasteiger partial charge in [-0.25, -0.2) is 9.78 Å². The van der Waals surface area contributed by atoms with Crippen LogP contribution in [0.15, 0.2) is 78.9 Å². The number of carbonyl (C=O) groups excluding carboxylic acids is 1. The van der Waals surface area contributed by atoms with Crippen molar-refractivity contribution in [3.63, 3.8) is 0 Å². The molecule has 2 heterocycles. The van der Waals surface area contributed by atoms with Gasteiger partial charge in [0, 0.05) is 61.3 Å². The molecule has 0 unspecified atom stereocenters. The van der Waals surface area contributed by atoms with Gasteiger partial charge in [0.1, 0.15) is 5.82 Å². The molecule has 7 nitrogen and oxygen atoms in total. The minimum atomic E-state index is -0.380. The first-order valence-corrected chi connectivity index (χ1v) is 12.7. The number of imidazole rings is 1. The number of benzene rings is 3. The molecule has 1 N–H and O–H groups in total. The van der Waals surface area contributed by atoms with Gasteiger partial charge in [-0.2, -0.15) is 0 Å². The molecule has 194 valence electrons. The third-order valence-electron chi connectivity index (χ3n) is 6.69. The number of hydrogen-bond donors (Lipinski definition) is 1. The number of carbonyl (C=O) groups is 1. The number of nitrogens with one attached hydrogen (secondary N) is 1. The molecule has 0 spiro atoms. The van der Waals surface area contributed by atoms with E-state index < -0.39 is 0 Å². The van der Waals surface area contributed by atoms with Crippen molar-refractivity contribution < 1.29 is 14.3 Å². The lowest BCUT2D eigenvalue weighted by molar-refractivity contribution is -0.134. The van der Waals surface area contributed by atoms with Crippen molar-refractivity contribution in [2.24, 2.45) is 0 Å². The molecular weight excluding hydrogens is 476 g/mol. The van der Waals surface area contributed by atoms with E-state index in [0.717, 1.165) is 71.5 Å². The van der Waals surface area contributed by atoms with Crippen LogP contribution >= 0.6 is 0 Å². The van der Waals surface area contributed by atoms with Gasteiger partial charge in [-0.05, 0) is 35.9 Å². The number of hydrogen-bond acceptors (Lipinski definition) is 6. The maximum absolute atomic E-state index is 11.4. The van der Waals surface area contributed by atoms with Crippen molar-refractivity contribution in [2.45, 2.75) is 0 Å². The number of aromatic nitrogens is 2. The highest BCUT2D eigenvalue weighted by atomic mass is 16.5. The Morgan fingerprint density at radius 1 is 0.921 bits per heavy atom. The summed E-state index contributed by atoms with van der Waals surface area (Å²) in [5, 5.41) is 0. The molecule has 1 fully saturated rings. The zero-order valence-corrected chi connectivity index (χ0v) is 22.0. The molecular formula is C31H32N4O3. The molecule has 7 heteroatoms. The van der Waals surface area contributed by atoms with Gasteiger partial charge >= 0.3 is 5.97 Å². The number of nitrogens with zero attached hydrogens (tertiary/aromatic N) is 3. The van der Waals surface area contributed by atoms with Crippen LogP contribution in [0, 0.1) is 0 Å². The van der Waals surface area contributed by atoms with E-state index in [1.807, 2.05) is 38.4 Å². The summed E-state index contributed by atoms with van der Waals surface area (Å²) in [4.78, 5) is 24.5. The summed E-state index contributed by atoms with van der Waals surface area (Å²) in [5.74, 6) is 0.404. The molecule has 1 aliphatic rings. The van der Waals surface area contributed by atoms with Crippen molar-refractivity contribution in [1.29, 1.82) is 0 Å². The lowest BCUT2D eigenvalue weighted by atomic mass is 10.0. The Bertz CT molecular complexity index is 1400. The molecule has 4 aromatic rings. The Balaban J connectivity index is 1.50. The van der Waals surface area contributed by atoms with Crippen LogP contribution < -0.4 is 9.80 Å². The molecule has 1 saturated heterocycles. The lowest BCUT2D eigenvalue weighted by Gasteiger charge is -2.28. The maximum atomic E-state index is 11.4. The van der Waals surface area contributed by atoms with Crippen molar-refractivity contribution in [1.82, 2.24) is 9.97 Å². The van der Waals surface area contributed by atoms with E-state index in [1.165, 1.54) is 18.9 Å². The van der Waals surface area contributed by atoms with E-state index in [0.29, 0.717) is 0 Å². The summed E-state index contributed by atoms with van der Waals surface area (Å²) >= 11 is 0. The quantitative estimate of drug-likeness (QED) is 0.263. The van der Waals surface area contributed by atoms with Crippen LogP contribution in [0.5, 0.6) is 0 Å². The van der Waals surface area contributed by atoms with Crippen molar-refractivity contribution in [3.8, 4) is 33.9 Å². The SMILES string of the molecule is COC(=O)/C=C/c1ccc(-c2nc(-c3ccc(N(C)C)cc3)c(-c3ccc(N4CCOCC4)cc3)[nH]2)cc1. The predicted molar refractivity (Wildman–Crippen MR) is 153 cm³/mol. The molecule has 0 radical (unpaired) electrons. The fraction of sp³-hybridized carbons (Fsp3) is 0.226. The Morgan fingerprint density at radius 2 is 1.55 bits per heavy atom. The Morgan fingerprint density at radius 3 is 2.18 bits per heavy atom. The first-order valence-electron chi connectivity index (χ1n) is 12.7. The molecule has 0 atom stereocenters. The first kappa shape index (κ1) is 25.3. The summed E-state index contributed by atoms with van der Waals surface area (Å²) < 4.78 is 10.2. The van der Waals surface area contributed by atoms with Crippen LogP contribution in [0.3, 0.4) is 0 Å².